The van der Waals surface area contributed by atoms with Gasteiger partial charge in [-0.25, -0.2) is 9.97 Å². The van der Waals surface area contributed by atoms with E-state index in [0.717, 1.165) is 36.3 Å². The average molecular weight is 213 g/mol. The number of nitrogens with zero attached hydrogens (tertiary/aromatic N) is 2. The van der Waals surface area contributed by atoms with Gasteiger partial charge in [-0.2, -0.15) is 0 Å². The third-order valence-electron chi connectivity index (χ3n) is 2.58. The van der Waals surface area contributed by atoms with E-state index in [0.29, 0.717) is 5.15 Å². The molecule has 3 nitrogen and oxygen atoms in total. The Bertz CT molecular complexity index is 354. The highest BCUT2D eigenvalue weighted by Crippen LogP contribution is 2.33. The van der Waals surface area contributed by atoms with Gasteiger partial charge >= 0.3 is 0 Å². The van der Waals surface area contributed by atoms with Crippen molar-refractivity contribution in [1.82, 2.24) is 9.97 Å². The van der Waals surface area contributed by atoms with Gasteiger partial charge in [0.25, 0.3) is 0 Å². The summed E-state index contributed by atoms with van der Waals surface area (Å²) in [5, 5.41) is 0.592. The smallest absolute Gasteiger partial charge is 0.136 e. The zero-order chi connectivity index (χ0) is 10.1. The van der Waals surface area contributed by atoms with E-state index in [1.54, 1.807) is 7.11 Å². The highest BCUT2D eigenvalue weighted by Gasteiger charge is 2.24. The summed E-state index contributed by atoms with van der Waals surface area (Å²) in [7, 11) is 1.71. The molecule has 1 aromatic heterocycles. The molecule has 0 radical (unpaired) electrons. The standard InChI is InChI=1S/C10H13ClN2O/c1-6-12-9-7(10(11)13-6)4-3-5-8(9)14-2/h8H,3-5H2,1-2H3. The molecule has 0 spiro atoms. The van der Waals surface area contributed by atoms with Gasteiger partial charge in [-0.05, 0) is 26.2 Å². The molecule has 2 rings (SSSR count). The molecule has 1 atom stereocenters. The predicted octanol–water partition coefficient (Wildman–Crippen LogP) is 2.46. The van der Waals surface area contributed by atoms with Crippen LogP contribution in [0.25, 0.3) is 0 Å². The molecule has 0 fully saturated rings. The second-order valence-electron chi connectivity index (χ2n) is 3.54. The fourth-order valence-corrected chi connectivity index (χ4v) is 2.22. The summed E-state index contributed by atoms with van der Waals surface area (Å²) in [5.74, 6) is 0.720. The maximum Gasteiger partial charge on any atom is 0.136 e. The second-order valence-corrected chi connectivity index (χ2v) is 3.90. The van der Waals surface area contributed by atoms with Crippen LogP contribution in [0.4, 0.5) is 0 Å². The molecule has 76 valence electrons. The molecule has 1 heterocycles. The fourth-order valence-electron chi connectivity index (χ4n) is 1.91. The van der Waals surface area contributed by atoms with Gasteiger partial charge < -0.3 is 4.74 Å². The minimum absolute atomic E-state index is 0.0953. The number of rotatable bonds is 1. The minimum Gasteiger partial charge on any atom is -0.375 e. The van der Waals surface area contributed by atoms with Gasteiger partial charge in [0.2, 0.25) is 0 Å². The van der Waals surface area contributed by atoms with Crippen molar-refractivity contribution < 1.29 is 4.74 Å². The predicted molar refractivity (Wildman–Crippen MR) is 54.5 cm³/mol. The average Bonchev–Trinajstić information content (AvgIpc) is 2.17. The molecule has 4 heteroatoms. The van der Waals surface area contributed by atoms with E-state index in [1.165, 1.54) is 0 Å². The number of halogens is 1. The van der Waals surface area contributed by atoms with Crippen molar-refractivity contribution in [2.24, 2.45) is 0 Å². The van der Waals surface area contributed by atoms with Crippen LogP contribution in [0.3, 0.4) is 0 Å². The van der Waals surface area contributed by atoms with E-state index < -0.39 is 0 Å². The molecule has 1 aliphatic rings. The highest BCUT2D eigenvalue weighted by atomic mass is 35.5. The molecule has 0 amide bonds. The third kappa shape index (κ3) is 1.62. The van der Waals surface area contributed by atoms with Crippen LogP contribution >= 0.6 is 11.6 Å². The lowest BCUT2D eigenvalue weighted by atomic mass is 9.95. The number of fused-ring (bicyclic) bond motifs is 1. The Hall–Kier alpha value is -0.670. The van der Waals surface area contributed by atoms with Gasteiger partial charge in [0, 0.05) is 12.7 Å². The maximum absolute atomic E-state index is 6.06. The SMILES string of the molecule is COC1CCCc2c(Cl)nc(C)nc21. The first-order valence-corrected chi connectivity index (χ1v) is 5.16. The molecule has 0 N–H and O–H groups in total. The highest BCUT2D eigenvalue weighted by molar-refractivity contribution is 6.30. The number of aromatic nitrogens is 2. The van der Waals surface area contributed by atoms with Crippen molar-refractivity contribution in [2.75, 3.05) is 7.11 Å². The van der Waals surface area contributed by atoms with Crippen LogP contribution in [0.1, 0.15) is 36.0 Å². The summed E-state index contributed by atoms with van der Waals surface area (Å²) in [6, 6.07) is 0. The summed E-state index contributed by atoms with van der Waals surface area (Å²) in [5.41, 5.74) is 2.05. The summed E-state index contributed by atoms with van der Waals surface area (Å²) in [6.45, 7) is 1.85. The Kier molecular flexibility index (Phi) is 2.70. The lowest BCUT2D eigenvalue weighted by molar-refractivity contribution is 0.0839. The summed E-state index contributed by atoms with van der Waals surface area (Å²) in [6.07, 6.45) is 3.18. The Morgan fingerprint density at radius 2 is 2.21 bits per heavy atom. The summed E-state index contributed by atoms with van der Waals surface area (Å²) in [4.78, 5) is 8.56. The number of aryl methyl sites for hydroxylation is 1. The maximum atomic E-state index is 6.06. The Labute approximate surface area is 88.5 Å². The van der Waals surface area contributed by atoms with E-state index >= 15 is 0 Å². The van der Waals surface area contributed by atoms with Gasteiger partial charge in [0.1, 0.15) is 11.0 Å². The largest absolute Gasteiger partial charge is 0.375 e. The van der Waals surface area contributed by atoms with Crippen molar-refractivity contribution >= 4 is 11.6 Å². The number of methoxy groups -OCH3 is 1. The first kappa shape index (κ1) is 9.87. The first-order chi connectivity index (χ1) is 6.72. The molecule has 0 aliphatic heterocycles. The van der Waals surface area contributed by atoms with E-state index in [9.17, 15) is 0 Å². The molecule has 0 bridgehead atoms. The fraction of sp³-hybridized carbons (Fsp3) is 0.600. The summed E-state index contributed by atoms with van der Waals surface area (Å²) >= 11 is 6.06. The molecule has 1 aliphatic carbocycles. The van der Waals surface area contributed by atoms with E-state index in [-0.39, 0.29) is 6.10 Å². The molecule has 1 aromatic rings. The molecular weight excluding hydrogens is 200 g/mol. The lowest BCUT2D eigenvalue weighted by Gasteiger charge is -2.23. The van der Waals surface area contributed by atoms with Gasteiger partial charge in [-0.3, -0.25) is 0 Å². The van der Waals surface area contributed by atoms with Crippen LogP contribution in [0.2, 0.25) is 5.15 Å². The number of hydrogen-bond acceptors (Lipinski definition) is 3. The van der Waals surface area contributed by atoms with Gasteiger partial charge in [0.05, 0.1) is 11.8 Å². The van der Waals surface area contributed by atoms with Crippen LogP contribution in [0, 0.1) is 6.92 Å². The van der Waals surface area contributed by atoms with Crippen LogP contribution in [-0.4, -0.2) is 17.1 Å². The monoisotopic (exact) mass is 212 g/mol. The molecule has 1 unspecified atom stereocenters. The van der Waals surface area contributed by atoms with Crippen molar-refractivity contribution in [3.8, 4) is 0 Å². The number of hydrogen-bond donors (Lipinski definition) is 0. The molecule has 14 heavy (non-hydrogen) atoms. The van der Waals surface area contributed by atoms with Crippen molar-refractivity contribution in [2.45, 2.75) is 32.3 Å². The lowest BCUT2D eigenvalue weighted by Crippen LogP contribution is -2.15. The quantitative estimate of drug-likeness (QED) is 0.671. The van der Waals surface area contributed by atoms with Crippen LogP contribution in [-0.2, 0) is 11.2 Å². The summed E-state index contributed by atoms with van der Waals surface area (Å²) < 4.78 is 5.38. The van der Waals surface area contributed by atoms with E-state index in [4.69, 9.17) is 16.3 Å². The van der Waals surface area contributed by atoms with Crippen molar-refractivity contribution in [3.05, 3.63) is 22.2 Å². The normalized spacial score (nSPS) is 20.6. The minimum atomic E-state index is 0.0953. The molecule has 0 aromatic carbocycles. The van der Waals surface area contributed by atoms with Crippen molar-refractivity contribution in [3.63, 3.8) is 0 Å². The number of ether oxygens (including phenoxy) is 1. The van der Waals surface area contributed by atoms with Gasteiger partial charge in [-0.1, -0.05) is 11.6 Å². The van der Waals surface area contributed by atoms with E-state index in [2.05, 4.69) is 9.97 Å². The Balaban J connectivity index is 2.51. The van der Waals surface area contributed by atoms with Gasteiger partial charge in [0.15, 0.2) is 0 Å². The first-order valence-electron chi connectivity index (χ1n) is 4.78. The Morgan fingerprint density at radius 1 is 1.43 bits per heavy atom. The zero-order valence-corrected chi connectivity index (χ0v) is 9.14. The Morgan fingerprint density at radius 3 is 2.93 bits per heavy atom. The zero-order valence-electron chi connectivity index (χ0n) is 8.38. The molecular formula is C10H13ClN2O. The van der Waals surface area contributed by atoms with Gasteiger partial charge in [-0.15, -0.1) is 0 Å². The van der Waals surface area contributed by atoms with Crippen LogP contribution < -0.4 is 0 Å². The van der Waals surface area contributed by atoms with E-state index in [1.807, 2.05) is 6.92 Å². The second kappa shape index (κ2) is 3.83. The topological polar surface area (TPSA) is 35.0 Å². The van der Waals surface area contributed by atoms with Crippen LogP contribution in [0.15, 0.2) is 0 Å². The molecule has 0 saturated carbocycles. The molecule has 0 saturated heterocycles. The third-order valence-corrected chi connectivity index (χ3v) is 2.90. The van der Waals surface area contributed by atoms with Crippen molar-refractivity contribution in [1.29, 1.82) is 0 Å². The van der Waals surface area contributed by atoms with Crippen LogP contribution in [0.5, 0.6) is 0 Å².